The Morgan fingerprint density at radius 2 is 2.15 bits per heavy atom. The molecular formula is C12H9F3N2O2S. The van der Waals surface area contributed by atoms with Crippen molar-refractivity contribution in [3.8, 4) is 5.75 Å². The van der Waals surface area contributed by atoms with Gasteiger partial charge in [0.05, 0.1) is 10.2 Å². The summed E-state index contributed by atoms with van der Waals surface area (Å²) in [5, 5.41) is 2.79. The van der Waals surface area contributed by atoms with Crippen LogP contribution >= 0.6 is 11.3 Å². The van der Waals surface area contributed by atoms with E-state index < -0.39 is 12.3 Å². The maximum atomic E-state index is 12.1. The van der Waals surface area contributed by atoms with Crippen molar-refractivity contribution in [2.75, 3.05) is 5.32 Å². The van der Waals surface area contributed by atoms with Gasteiger partial charge in [-0.3, -0.25) is 10.1 Å². The minimum Gasteiger partial charge on any atom is -0.406 e. The lowest BCUT2D eigenvalue weighted by molar-refractivity contribution is -0.274. The number of nitrogens with one attached hydrogen (secondary N) is 1. The summed E-state index contributed by atoms with van der Waals surface area (Å²) in [6.45, 7) is 5.02. The Morgan fingerprint density at radius 1 is 1.45 bits per heavy atom. The van der Waals surface area contributed by atoms with Crippen LogP contribution in [0.1, 0.15) is 6.92 Å². The van der Waals surface area contributed by atoms with E-state index in [-0.39, 0.29) is 10.9 Å². The SMILES string of the molecule is C=C(C)C(=O)Nc1nc2ccc(OC(F)(F)F)cc2s1. The third-order valence-electron chi connectivity index (χ3n) is 2.20. The first-order valence-electron chi connectivity index (χ1n) is 5.38. The van der Waals surface area contributed by atoms with E-state index >= 15 is 0 Å². The number of benzene rings is 1. The lowest BCUT2D eigenvalue weighted by Crippen LogP contribution is -2.16. The van der Waals surface area contributed by atoms with Crippen molar-refractivity contribution in [2.45, 2.75) is 13.3 Å². The molecule has 0 aliphatic carbocycles. The predicted octanol–water partition coefficient (Wildman–Crippen LogP) is 3.71. The number of amides is 1. The van der Waals surface area contributed by atoms with Gasteiger partial charge in [0.1, 0.15) is 5.75 Å². The molecule has 0 saturated heterocycles. The Balaban J connectivity index is 2.26. The number of anilines is 1. The molecule has 0 atom stereocenters. The molecule has 0 bridgehead atoms. The summed E-state index contributed by atoms with van der Waals surface area (Å²) in [6.07, 6.45) is -4.74. The highest BCUT2D eigenvalue weighted by atomic mass is 32.1. The van der Waals surface area contributed by atoms with E-state index in [1.165, 1.54) is 25.1 Å². The molecule has 106 valence electrons. The number of alkyl halides is 3. The average molecular weight is 302 g/mol. The summed E-state index contributed by atoms with van der Waals surface area (Å²) in [6, 6.07) is 3.78. The molecule has 0 radical (unpaired) electrons. The average Bonchev–Trinajstić information content (AvgIpc) is 2.68. The van der Waals surface area contributed by atoms with Crippen molar-refractivity contribution >= 4 is 32.6 Å². The Kier molecular flexibility index (Phi) is 3.67. The van der Waals surface area contributed by atoms with Gasteiger partial charge in [0.25, 0.3) is 5.91 Å². The van der Waals surface area contributed by atoms with Gasteiger partial charge in [-0.2, -0.15) is 0 Å². The maximum Gasteiger partial charge on any atom is 0.573 e. The van der Waals surface area contributed by atoms with Gasteiger partial charge in [0, 0.05) is 11.6 Å². The minimum atomic E-state index is -4.74. The van der Waals surface area contributed by atoms with Crippen LogP contribution in [0.5, 0.6) is 5.75 Å². The molecule has 0 unspecified atom stereocenters. The smallest absolute Gasteiger partial charge is 0.406 e. The van der Waals surface area contributed by atoms with Crippen LogP contribution < -0.4 is 10.1 Å². The third-order valence-corrected chi connectivity index (χ3v) is 3.14. The molecule has 1 amide bonds. The first kappa shape index (κ1) is 14.3. The molecule has 0 saturated carbocycles. The lowest BCUT2D eigenvalue weighted by atomic mass is 10.3. The van der Waals surface area contributed by atoms with Crippen LogP contribution in [0.4, 0.5) is 18.3 Å². The second kappa shape index (κ2) is 5.12. The van der Waals surface area contributed by atoms with E-state index in [0.717, 1.165) is 11.3 Å². The number of carbonyl (C=O) groups is 1. The molecule has 2 rings (SSSR count). The highest BCUT2D eigenvalue weighted by molar-refractivity contribution is 7.22. The normalized spacial score (nSPS) is 11.4. The van der Waals surface area contributed by atoms with Gasteiger partial charge in [-0.05, 0) is 19.1 Å². The fourth-order valence-electron chi connectivity index (χ4n) is 1.36. The van der Waals surface area contributed by atoms with Crippen molar-refractivity contribution in [1.82, 2.24) is 4.98 Å². The Labute approximate surface area is 115 Å². The standard InChI is InChI=1S/C12H9F3N2O2S/c1-6(2)10(18)17-11-16-8-4-3-7(5-9(8)20-11)19-12(13,14)15/h3-5H,1H2,2H3,(H,16,17,18). The second-order valence-electron chi connectivity index (χ2n) is 3.93. The zero-order valence-corrected chi connectivity index (χ0v) is 11.1. The van der Waals surface area contributed by atoms with Gasteiger partial charge in [0.15, 0.2) is 5.13 Å². The van der Waals surface area contributed by atoms with E-state index in [2.05, 4.69) is 21.6 Å². The summed E-state index contributed by atoms with van der Waals surface area (Å²) >= 11 is 1.05. The fourth-order valence-corrected chi connectivity index (χ4v) is 2.25. The highest BCUT2D eigenvalue weighted by Crippen LogP contribution is 2.31. The van der Waals surface area contributed by atoms with Crippen LogP contribution in [-0.2, 0) is 4.79 Å². The zero-order chi connectivity index (χ0) is 14.9. The number of nitrogens with zero attached hydrogens (tertiary/aromatic N) is 1. The van der Waals surface area contributed by atoms with Crippen molar-refractivity contribution in [3.05, 3.63) is 30.4 Å². The van der Waals surface area contributed by atoms with E-state index in [0.29, 0.717) is 15.8 Å². The third kappa shape index (κ3) is 3.47. The molecule has 20 heavy (non-hydrogen) atoms. The summed E-state index contributed by atoms with van der Waals surface area (Å²) in [7, 11) is 0. The fraction of sp³-hybridized carbons (Fsp3) is 0.167. The number of aromatic nitrogens is 1. The zero-order valence-electron chi connectivity index (χ0n) is 10.2. The van der Waals surface area contributed by atoms with Crippen molar-refractivity contribution < 1.29 is 22.7 Å². The molecule has 8 heteroatoms. The summed E-state index contributed by atoms with van der Waals surface area (Å²) in [5.41, 5.74) is 0.784. The van der Waals surface area contributed by atoms with Gasteiger partial charge in [-0.25, -0.2) is 4.98 Å². The molecule has 1 N–H and O–H groups in total. The quantitative estimate of drug-likeness (QED) is 0.879. The summed E-state index contributed by atoms with van der Waals surface area (Å²) in [5.74, 6) is -0.720. The monoisotopic (exact) mass is 302 g/mol. The summed E-state index contributed by atoms with van der Waals surface area (Å²) in [4.78, 5) is 15.5. The molecule has 1 aromatic carbocycles. The predicted molar refractivity (Wildman–Crippen MR) is 69.7 cm³/mol. The number of ether oxygens (including phenoxy) is 1. The highest BCUT2D eigenvalue weighted by Gasteiger charge is 2.31. The van der Waals surface area contributed by atoms with Gasteiger partial charge >= 0.3 is 6.36 Å². The molecule has 0 aliphatic heterocycles. The largest absolute Gasteiger partial charge is 0.573 e. The summed E-state index contributed by atoms with van der Waals surface area (Å²) < 4.78 is 40.6. The van der Waals surface area contributed by atoms with Gasteiger partial charge in [0.2, 0.25) is 0 Å². The number of fused-ring (bicyclic) bond motifs is 1. The van der Waals surface area contributed by atoms with Crippen LogP contribution in [-0.4, -0.2) is 17.3 Å². The van der Waals surface area contributed by atoms with Crippen LogP contribution in [0.15, 0.2) is 30.4 Å². The van der Waals surface area contributed by atoms with Crippen LogP contribution in [0.2, 0.25) is 0 Å². The molecule has 0 fully saturated rings. The molecule has 2 aromatic rings. The van der Waals surface area contributed by atoms with Crippen molar-refractivity contribution in [3.63, 3.8) is 0 Å². The Hall–Kier alpha value is -2.09. The van der Waals surface area contributed by atoms with Crippen LogP contribution in [0.3, 0.4) is 0 Å². The van der Waals surface area contributed by atoms with E-state index in [1.807, 2.05) is 0 Å². The van der Waals surface area contributed by atoms with E-state index in [1.54, 1.807) is 0 Å². The first-order chi connectivity index (χ1) is 9.24. The van der Waals surface area contributed by atoms with E-state index in [4.69, 9.17) is 0 Å². The van der Waals surface area contributed by atoms with Crippen molar-refractivity contribution in [2.24, 2.45) is 0 Å². The van der Waals surface area contributed by atoms with Crippen LogP contribution in [0.25, 0.3) is 10.2 Å². The van der Waals surface area contributed by atoms with Gasteiger partial charge in [-0.1, -0.05) is 17.9 Å². The molecule has 0 spiro atoms. The van der Waals surface area contributed by atoms with E-state index in [9.17, 15) is 18.0 Å². The minimum absolute atomic E-state index is 0.289. The topological polar surface area (TPSA) is 51.2 Å². The van der Waals surface area contributed by atoms with Gasteiger partial charge in [-0.15, -0.1) is 13.2 Å². The molecular weight excluding hydrogens is 293 g/mol. The van der Waals surface area contributed by atoms with Crippen LogP contribution in [0, 0.1) is 0 Å². The number of rotatable bonds is 3. The Morgan fingerprint density at radius 3 is 2.75 bits per heavy atom. The first-order valence-corrected chi connectivity index (χ1v) is 6.19. The molecule has 1 aromatic heterocycles. The van der Waals surface area contributed by atoms with Crippen molar-refractivity contribution in [1.29, 1.82) is 0 Å². The number of thiazole rings is 1. The molecule has 4 nitrogen and oxygen atoms in total. The number of carbonyl (C=O) groups excluding carboxylic acids is 1. The second-order valence-corrected chi connectivity index (χ2v) is 4.96. The number of hydrogen-bond acceptors (Lipinski definition) is 4. The van der Waals surface area contributed by atoms with Gasteiger partial charge < -0.3 is 4.74 Å². The maximum absolute atomic E-state index is 12.1. The molecule has 1 heterocycles. The Bertz CT molecular complexity index is 679. The number of hydrogen-bond donors (Lipinski definition) is 1. The lowest BCUT2D eigenvalue weighted by Gasteiger charge is -2.07. The number of halogens is 3. The molecule has 0 aliphatic rings.